The highest BCUT2D eigenvalue weighted by molar-refractivity contribution is 4.94. The van der Waals surface area contributed by atoms with Gasteiger partial charge in [0.15, 0.2) is 0 Å². The smallest absolute Gasteiger partial charge is 0.0611 e. The van der Waals surface area contributed by atoms with E-state index in [2.05, 4.69) is 31.0 Å². The second-order valence-corrected chi connectivity index (χ2v) is 6.91. The third-order valence-corrected chi connectivity index (χ3v) is 4.67. The van der Waals surface area contributed by atoms with E-state index in [0.717, 1.165) is 12.3 Å². The van der Waals surface area contributed by atoms with Crippen LogP contribution >= 0.6 is 0 Å². The predicted molar refractivity (Wildman–Crippen MR) is 75.7 cm³/mol. The summed E-state index contributed by atoms with van der Waals surface area (Å²) in [6.45, 7) is 9.56. The van der Waals surface area contributed by atoms with Gasteiger partial charge in [0.1, 0.15) is 0 Å². The predicted octanol–water partition coefficient (Wildman–Crippen LogP) is 2.00. The summed E-state index contributed by atoms with van der Waals surface area (Å²) in [7, 11) is 0. The third kappa shape index (κ3) is 3.94. The van der Waals surface area contributed by atoms with Gasteiger partial charge in [-0.3, -0.25) is 0 Å². The quantitative estimate of drug-likeness (QED) is 0.761. The summed E-state index contributed by atoms with van der Waals surface area (Å²) in [4.78, 5) is 2.60. The SMILES string of the molecule is CC1CCN(C(C)CC(C)(CO)NC2CC2)CC1. The molecule has 2 unspecified atom stereocenters. The van der Waals surface area contributed by atoms with E-state index >= 15 is 0 Å². The highest BCUT2D eigenvalue weighted by Gasteiger charge is 2.34. The van der Waals surface area contributed by atoms with Crippen molar-refractivity contribution in [2.75, 3.05) is 19.7 Å². The summed E-state index contributed by atoms with van der Waals surface area (Å²) < 4.78 is 0. The van der Waals surface area contributed by atoms with E-state index < -0.39 is 0 Å². The van der Waals surface area contributed by atoms with Gasteiger partial charge in [-0.2, -0.15) is 0 Å². The van der Waals surface area contributed by atoms with Gasteiger partial charge in [0.05, 0.1) is 6.61 Å². The van der Waals surface area contributed by atoms with Crippen molar-refractivity contribution in [2.45, 2.75) is 70.5 Å². The molecule has 0 aromatic rings. The fraction of sp³-hybridized carbons (Fsp3) is 1.00. The lowest BCUT2D eigenvalue weighted by Gasteiger charge is -2.39. The number of likely N-dealkylation sites (tertiary alicyclic amines) is 1. The van der Waals surface area contributed by atoms with Gasteiger partial charge in [0.2, 0.25) is 0 Å². The first kappa shape index (κ1) is 14.3. The van der Waals surface area contributed by atoms with Crippen LogP contribution in [0.4, 0.5) is 0 Å². The molecule has 3 heteroatoms. The molecule has 0 radical (unpaired) electrons. The van der Waals surface area contributed by atoms with Crippen LogP contribution in [-0.2, 0) is 0 Å². The van der Waals surface area contributed by atoms with Gasteiger partial charge in [-0.1, -0.05) is 6.92 Å². The van der Waals surface area contributed by atoms with Crippen molar-refractivity contribution in [3.63, 3.8) is 0 Å². The van der Waals surface area contributed by atoms with Crippen LogP contribution in [0.15, 0.2) is 0 Å². The molecule has 0 amide bonds. The molecule has 2 fully saturated rings. The van der Waals surface area contributed by atoms with Crippen LogP contribution in [0.5, 0.6) is 0 Å². The first-order valence-electron chi connectivity index (χ1n) is 7.65. The average molecular weight is 254 g/mol. The van der Waals surface area contributed by atoms with E-state index in [-0.39, 0.29) is 12.1 Å². The van der Waals surface area contributed by atoms with Gasteiger partial charge in [-0.25, -0.2) is 0 Å². The molecule has 1 heterocycles. The summed E-state index contributed by atoms with van der Waals surface area (Å²) in [5.74, 6) is 0.891. The first-order chi connectivity index (χ1) is 8.52. The Morgan fingerprint density at radius 2 is 1.89 bits per heavy atom. The molecule has 1 saturated heterocycles. The largest absolute Gasteiger partial charge is 0.394 e. The molecule has 1 aliphatic heterocycles. The summed E-state index contributed by atoms with van der Waals surface area (Å²) in [6, 6.07) is 1.23. The van der Waals surface area contributed by atoms with Crippen LogP contribution < -0.4 is 5.32 Å². The van der Waals surface area contributed by atoms with Crippen molar-refractivity contribution in [2.24, 2.45) is 5.92 Å². The van der Waals surface area contributed by atoms with Crippen molar-refractivity contribution >= 4 is 0 Å². The average Bonchev–Trinajstić information content (AvgIpc) is 3.13. The van der Waals surface area contributed by atoms with Crippen LogP contribution in [-0.4, -0.2) is 47.3 Å². The van der Waals surface area contributed by atoms with Crippen molar-refractivity contribution in [3.05, 3.63) is 0 Å². The second-order valence-electron chi connectivity index (χ2n) is 6.91. The Bertz CT molecular complexity index is 259. The Morgan fingerprint density at radius 1 is 1.28 bits per heavy atom. The lowest BCUT2D eigenvalue weighted by atomic mass is 9.91. The zero-order chi connectivity index (χ0) is 13.2. The Hall–Kier alpha value is -0.120. The number of aliphatic hydroxyl groups excluding tert-OH is 1. The fourth-order valence-electron chi connectivity index (χ4n) is 3.14. The fourth-order valence-corrected chi connectivity index (χ4v) is 3.14. The molecular weight excluding hydrogens is 224 g/mol. The summed E-state index contributed by atoms with van der Waals surface area (Å²) in [6.07, 6.45) is 6.28. The first-order valence-corrected chi connectivity index (χ1v) is 7.65. The number of nitrogens with zero attached hydrogens (tertiary/aromatic N) is 1. The molecule has 2 atom stereocenters. The molecule has 18 heavy (non-hydrogen) atoms. The van der Waals surface area contributed by atoms with Crippen LogP contribution in [0.25, 0.3) is 0 Å². The zero-order valence-corrected chi connectivity index (χ0v) is 12.3. The van der Waals surface area contributed by atoms with Crippen molar-refractivity contribution in [1.29, 1.82) is 0 Å². The zero-order valence-electron chi connectivity index (χ0n) is 12.3. The molecule has 2 rings (SSSR count). The standard InChI is InChI=1S/C15H30N2O/c1-12-6-8-17(9-7-12)13(2)10-15(3,11-18)16-14-4-5-14/h12-14,16,18H,4-11H2,1-3H3. The van der Waals surface area contributed by atoms with Crippen molar-refractivity contribution < 1.29 is 5.11 Å². The maximum atomic E-state index is 9.67. The minimum Gasteiger partial charge on any atom is -0.394 e. The van der Waals surface area contributed by atoms with E-state index in [0.29, 0.717) is 12.1 Å². The number of nitrogens with one attached hydrogen (secondary N) is 1. The summed E-state index contributed by atoms with van der Waals surface area (Å²) in [5.41, 5.74) is -0.0936. The van der Waals surface area contributed by atoms with Crippen molar-refractivity contribution in [3.8, 4) is 0 Å². The summed E-state index contributed by atoms with van der Waals surface area (Å²) >= 11 is 0. The topological polar surface area (TPSA) is 35.5 Å². The van der Waals surface area contributed by atoms with Crippen LogP contribution in [0.2, 0.25) is 0 Å². The lowest BCUT2D eigenvalue weighted by molar-refractivity contribution is 0.0916. The number of piperidine rings is 1. The Kier molecular flexibility index (Phi) is 4.68. The maximum absolute atomic E-state index is 9.67. The molecule has 0 spiro atoms. The third-order valence-electron chi connectivity index (χ3n) is 4.67. The van der Waals surface area contributed by atoms with Gasteiger partial charge in [-0.15, -0.1) is 0 Å². The van der Waals surface area contributed by atoms with Crippen LogP contribution in [0, 0.1) is 5.92 Å². The number of rotatable bonds is 6. The van der Waals surface area contributed by atoms with E-state index in [1.165, 1.54) is 38.8 Å². The van der Waals surface area contributed by atoms with E-state index in [1.807, 2.05) is 0 Å². The van der Waals surface area contributed by atoms with Gasteiger partial charge in [0.25, 0.3) is 0 Å². The Labute approximate surface area is 112 Å². The second kappa shape index (κ2) is 5.89. The highest BCUT2D eigenvalue weighted by atomic mass is 16.3. The Morgan fingerprint density at radius 3 is 2.39 bits per heavy atom. The molecule has 0 aromatic carbocycles. The molecule has 0 bridgehead atoms. The van der Waals surface area contributed by atoms with Crippen LogP contribution in [0.1, 0.15) is 52.9 Å². The summed E-state index contributed by atoms with van der Waals surface area (Å²) in [5, 5.41) is 13.3. The molecule has 3 nitrogen and oxygen atoms in total. The van der Waals surface area contributed by atoms with Gasteiger partial charge in [0, 0.05) is 17.6 Å². The van der Waals surface area contributed by atoms with Gasteiger partial charge < -0.3 is 15.3 Å². The van der Waals surface area contributed by atoms with Gasteiger partial charge in [-0.05, 0) is 65.0 Å². The van der Waals surface area contributed by atoms with E-state index in [9.17, 15) is 5.11 Å². The monoisotopic (exact) mass is 254 g/mol. The molecule has 2 aliphatic rings. The molecule has 106 valence electrons. The maximum Gasteiger partial charge on any atom is 0.0611 e. The Balaban J connectivity index is 1.82. The molecule has 1 aliphatic carbocycles. The molecule has 0 aromatic heterocycles. The highest BCUT2D eigenvalue weighted by Crippen LogP contribution is 2.27. The number of hydrogen-bond donors (Lipinski definition) is 2. The molecular formula is C15H30N2O. The van der Waals surface area contributed by atoms with Crippen molar-refractivity contribution in [1.82, 2.24) is 10.2 Å². The lowest BCUT2D eigenvalue weighted by Crippen LogP contribution is -2.52. The molecule has 2 N–H and O–H groups in total. The molecule has 1 saturated carbocycles. The van der Waals surface area contributed by atoms with E-state index in [4.69, 9.17) is 0 Å². The minimum atomic E-state index is -0.0936. The number of hydrogen-bond acceptors (Lipinski definition) is 3. The minimum absolute atomic E-state index is 0.0936. The normalized spacial score (nSPS) is 28.0. The number of aliphatic hydroxyl groups is 1. The van der Waals surface area contributed by atoms with Crippen LogP contribution in [0.3, 0.4) is 0 Å². The van der Waals surface area contributed by atoms with Gasteiger partial charge >= 0.3 is 0 Å². The van der Waals surface area contributed by atoms with E-state index in [1.54, 1.807) is 0 Å².